The van der Waals surface area contributed by atoms with Crippen molar-refractivity contribution in [2.75, 3.05) is 31.1 Å². The number of aryl methyl sites for hydroxylation is 1. The Labute approximate surface area is 147 Å². The first-order chi connectivity index (χ1) is 11.2. The van der Waals surface area contributed by atoms with Crippen LogP contribution in [0.15, 0.2) is 30.3 Å². The van der Waals surface area contributed by atoms with Crippen molar-refractivity contribution in [3.05, 3.63) is 36.0 Å². The van der Waals surface area contributed by atoms with Gasteiger partial charge in [0, 0.05) is 31.4 Å². The second-order valence-corrected chi connectivity index (χ2v) is 6.08. The lowest BCUT2D eigenvalue weighted by Gasteiger charge is -2.25. The minimum atomic E-state index is 0. The molecule has 2 aliphatic rings. The van der Waals surface area contributed by atoms with Gasteiger partial charge in [-0.05, 0) is 19.1 Å². The van der Waals surface area contributed by atoms with E-state index in [2.05, 4.69) is 20.2 Å². The van der Waals surface area contributed by atoms with E-state index in [4.69, 9.17) is 4.74 Å². The van der Waals surface area contributed by atoms with Crippen LogP contribution in [0.5, 0.6) is 5.75 Å². The predicted molar refractivity (Wildman–Crippen MR) is 94.9 cm³/mol. The van der Waals surface area contributed by atoms with Crippen LogP contribution in [0.4, 0.5) is 5.82 Å². The third-order valence-corrected chi connectivity index (χ3v) is 4.42. The van der Waals surface area contributed by atoms with E-state index >= 15 is 0 Å². The standard InChI is InChI=1S/C17H20N4O2.ClH/c1-11-8-16(21-9-13-15(10-21)23-7-6-18-13)20-17(19-11)12-4-2-3-5-14(12)22;/h2-5,8,13,15,18,22H,6-7,9-10H2,1H3;1H/t13-,15-;/m0./s1. The van der Waals surface area contributed by atoms with Gasteiger partial charge in [-0.15, -0.1) is 12.4 Å². The molecular formula is C17H21ClN4O2. The van der Waals surface area contributed by atoms with Crippen LogP contribution in [0.1, 0.15) is 5.69 Å². The number of anilines is 1. The number of aromatic hydroxyl groups is 1. The molecule has 1 aromatic heterocycles. The number of phenols is 1. The van der Waals surface area contributed by atoms with Crippen LogP contribution in [0.3, 0.4) is 0 Å². The molecule has 128 valence electrons. The number of phenolic OH excluding ortho intramolecular Hbond substituents is 1. The molecule has 0 radical (unpaired) electrons. The fourth-order valence-corrected chi connectivity index (χ4v) is 3.28. The summed E-state index contributed by atoms with van der Waals surface area (Å²) in [6, 6.07) is 9.51. The lowest BCUT2D eigenvalue weighted by Crippen LogP contribution is -2.47. The van der Waals surface area contributed by atoms with E-state index in [-0.39, 0.29) is 24.3 Å². The average Bonchev–Trinajstić information content (AvgIpc) is 2.99. The van der Waals surface area contributed by atoms with Crippen LogP contribution in [0.2, 0.25) is 0 Å². The number of morpholine rings is 1. The van der Waals surface area contributed by atoms with E-state index in [1.807, 2.05) is 25.1 Å². The topological polar surface area (TPSA) is 70.5 Å². The third-order valence-electron chi connectivity index (χ3n) is 4.42. The summed E-state index contributed by atoms with van der Waals surface area (Å²) in [6.07, 6.45) is 0.215. The van der Waals surface area contributed by atoms with Gasteiger partial charge in [-0.1, -0.05) is 12.1 Å². The number of nitrogens with one attached hydrogen (secondary N) is 1. The summed E-state index contributed by atoms with van der Waals surface area (Å²) in [5, 5.41) is 13.6. The summed E-state index contributed by atoms with van der Waals surface area (Å²) in [5.41, 5.74) is 1.54. The van der Waals surface area contributed by atoms with E-state index < -0.39 is 0 Å². The maximum atomic E-state index is 10.1. The van der Waals surface area contributed by atoms with Gasteiger partial charge in [-0.3, -0.25) is 0 Å². The Kier molecular flexibility index (Phi) is 4.89. The molecule has 0 aliphatic carbocycles. The minimum Gasteiger partial charge on any atom is -0.507 e. The van der Waals surface area contributed by atoms with Crippen molar-refractivity contribution in [1.82, 2.24) is 15.3 Å². The molecule has 0 bridgehead atoms. The van der Waals surface area contributed by atoms with E-state index in [0.29, 0.717) is 17.4 Å². The highest BCUT2D eigenvalue weighted by atomic mass is 35.5. The van der Waals surface area contributed by atoms with E-state index in [1.54, 1.807) is 12.1 Å². The summed E-state index contributed by atoms with van der Waals surface area (Å²) < 4.78 is 5.83. The lowest BCUT2D eigenvalue weighted by molar-refractivity contribution is 0.0212. The summed E-state index contributed by atoms with van der Waals surface area (Å²) in [6.45, 7) is 5.32. The van der Waals surface area contributed by atoms with Crippen LogP contribution >= 0.6 is 12.4 Å². The molecule has 1 aromatic carbocycles. The van der Waals surface area contributed by atoms with Crippen molar-refractivity contribution in [2.45, 2.75) is 19.1 Å². The number of benzene rings is 1. The predicted octanol–water partition coefficient (Wildman–Crippen LogP) is 1.76. The number of rotatable bonds is 2. The van der Waals surface area contributed by atoms with Gasteiger partial charge in [-0.2, -0.15) is 0 Å². The maximum absolute atomic E-state index is 10.1. The normalized spacial score (nSPS) is 22.8. The molecule has 0 saturated carbocycles. The monoisotopic (exact) mass is 348 g/mol. The van der Waals surface area contributed by atoms with Gasteiger partial charge >= 0.3 is 0 Å². The largest absolute Gasteiger partial charge is 0.507 e. The number of aromatic nitrogens is 2. The van der Waals surface area contributed by atoms with Crippen LogP contribution in [0.25, 0.3) is 11.4 Å². The molecule has 2 atom stereocenters. The van der Waals surface area contributed by atoms with Crippen molar-refractivity contribution in [3.8, 4) is 17.1 Å². The molecule has 0 unspecified atom stereocenters. The van der Waals surface area contributed by atoms with Crippen molar-refractivity contribution in [3.63, 3.8) is 0 Å². The smallest absolute Gasteiger partial charge is 0.165 e. The molecule has 4 rings (SSSR count). The highest BCUT2D eigenvalue weighted by Crippen LogP contribution is 2.29. The number of hydrogen-bond acceptors (Lipinski definition) is 6. The quantitative estimate of drug-likeness (QED) is 0.861. The molecule has 2 saturated heterocycles. The zero-order valence-electron chi connectivity index (χ0n) is 13.5. The Morgan fingerprint density at radius 2 is 2.08 bits per heavy atom. The zero-order valence-corrected chi connectivity index (χ0v) is 14.3. The number of para-hydroxylation sites is 1. The minimum absolute atomic E-state index is 0. The molecule has 2 N–H and O–H groups in total. The van der Waals surface area contributed by atoms with Gasteiger partial charge in [0.25, 0.3) is 0 Å². The first kappa shape index (κ1) is 17.0. The first-order valence-electron chi connectivity index (χ1n) is 7.95. The van der Waals surface area contributed by atoms with Gasteiger partial charge < -0.3 is 20.1 Å². The second-order valence-electron chi connectivity index (χ2n) is 6.08. The molecular weight excluding hydrogens is 328 g/mol. The number of nitrogens with zero attached hydrogens (tertiary/aromatic N) is 3. The van der Waals surface area contributed by atoms with E-state index in [0.717, 1.165) is 37.8 Å². The Morgan fingerprint density at radius 3 is 2.88 bits per heavy atom. The number of halogens is 1. The fourth-order valence-electron chi connectivity index (χ4n) is 3.28. The maximum Gasteiger partial charge on any atom is 0.165 e. The Morgan fingerprint density at radius 1 is 1.25 bits per heavy atom. The summed E-state index contributed by atoms with van der Waals surface area (Å²) in [4.78, 5) is 11.4. The molecule has 24 heavy (non-hydrogen) atoms. The first-order valence-corrected chi connectivity index (χ1v) is 7.95. The van der Waals surface area contributed by atoms with Crippen molar-refractivity contribution in [2.24, 2.45) is 0 Å². The van der Waals surface area contributed by atoms with Crippen molar-refractivity contribution >= 4 is 18.2 Å². The van der Waals surface area contributed by atoms with Gasteiger partial charge in [-0.25, -0.2) is 9.97 Å². The number of fused-ring (bicyclic) bond motifs is 1. The van der Waals surface area contributed by atoms with Crippen LogP contribution in [-0.2, 0) is 4.74 Å². The van der Waals surface area contributed by atoms with E-state index in [1.165, 1.54) is 0 Å². The molecule has 0 spiro atoms. The summed E-state index contributed by atoms with van der Waals surface area (Å²) in [5.74, 6) is 1.64. The van der Waals surface area contributed by atoms with Crippen LogP contribution < -0.4 is 10.2 Å². The number of hydrogen-bond donors (Lipinski definition) is 2. The van der Waals surface area contributed by atoms with Gasteiger partial charge in [0.2, 0.25) is 0 Å². The van der Waals surface area contributed by atoms with Crippen molar-refractivity contribution in [1.29, 1.82) is 0 Å². The van der Waals surface area contributed by atoms with E-state index in [9.17, 15) is 5.11 Å². The molecule has 3 heterocycles. The highest BCUT2D eigenvalue weighted by Gasteiger charge is 2.36. The molecule has 0 amide bonds. The molecule has 2 aromatic rings. The Bertz CT molecular complexity index is 713. The SMILES string of the molecule is Cc1cc(N2C[C@@H]3NCCO[C@H]3C2)nc(-c2ccccc2O)n1.Cl. The number of ether oxygens (including phenoxy) is 1. The fraction of sp³-hybridized carbons (Fsp3) is 0.412. The molecule has 6 nitrogen and oxygen atoms in total. The average molecular weight is 349 g/mol. The third kappa shape index (κ3) is 3.17. The van der Waals surface area contributed by atoms with Crippen LogP contribution in [0, 0.1) is 6.92 Å². The summed E-state index contributed by atoms with van der Waals surface area (Å²) in [7, 11) is 0. The molecule has 7 heteroatoms. The molecule has 2 aliphatic heterocycles. The van der Waals surface area contributed by atoms with Gasteiger partial charge in [0.15, 0.2) is 5.82 Å². The lowest BCUT2D eigenvalue weighted by atomic mass is 10.2. The Hall–Kier alpha value is -1.89. The van der Waals surface area contributed by atoms with Crippen LogP contribution in [-0.4, -0.2) is 53.5 Å². The summed E-state index contributed by atoms with van der Waals surface area (Å²) >= 11 is 0. The Balaban J connectivity index is 0.00000169. The molecule has 2 fully saturated rings. The second kappa shape index (κ2) is 6.93. The van der Waals surface area contributed by atoms with Gasteiger partial charge in [0.1, 0.15) is 11.6 Å². The zero-order chi connectivity index (χ0) is 15.8. The highest BCUT2D eigenvalue weighted by molar-refractivity contribution is 5.85. The van der Waals surface area contributed by atoms with Gasteiger partial charge in [0.05, 0.1) is 24.3 Å². The van der Waals surface area contributed by atoms with Crippen molar-refractivity contribution < 1.29 is 9.84 Å².